The van der Waals surface area contributed by atoms with Crippen molar-refractivity contribution >= 4 is 23.8 Å². The van der Waals surface area contributed by atoms with Crippen LogP contribution in [0.3, 0.4) is 0 Å². The number of rotatable bonds is 9. The van der Waals surface area contributed by atoms with Gasteiger partial charge in [-0.15, -0.1) is 0 Å². The second-order valence-corrected chi connectivity index (χ2v) is 10.8. The predicted octanol–water partition coefficient (Wildman–Crippen LogP) is 1.17. The molecule has 2 aromatic carbocycles. The lowest BCUT2D eigenvalue weighted by Crippen LogP contribution is -2.58. The van der Waals surface area contributed by atoms with Crippen molar-refractivity contribution in [3.05, 3.63) is 63.2 Å². The molecule has 1 aliphatic carbocycles. The Morgan fingerprint density at radius 1 is 1.02 bits per heavy atom. The lowest BCUT2D eigenvalue weighted by Gasteiger charge is -2.39. The standard InChI is InChI=1S/C31H33NO11/c1-14-24(35)28(39)29(40)31(41-14)43-30-19(5-3-4-10-33)26(37)23-22(21(30)11-16-8-9-32-13-16)27(38)20-12-17(42-15(2)34)6-7-18(20)25(23)36/h6-8,12-14,24,28-29,31,33,35,37,39-40H,3-5,9-11H2,1-2H3. The maximum Gasteiger partial charge on any atom is 0.308 e. The van der Waals surface area contributed by atoms with Gasteiger partial charge in [0.1, 0.15) is 35.6 Å². The van der Waals surface area contributed by atoms with E-state index in [1.165, 1.54) is 32.0 Å². The third-order valence-corrected chi connectivity index (χ3v) is 7.79. The van der Waals surface area contributed by atoms with E-state index in [9.17, 15) is 39.9 Å². The summed E-state index contributed by atoms with van der Waals surface area (Å²) in [5.41, 5.74) is 0.710. The van der Waals surface area contributed by atoms with Crippen LogP contribution in [0.15, 0.2) is 34.8 Å². The number of allylic oxidation sites excluding steroid dienone is 1. The van der Waals surface area contributed by atoms with Gasteiger partial charge < -0.3 is 39.7 Å². The molecule has 1 fully saturated rings. The Balaban J connectivity index is 1.73. The summed E-state index contributed by atoms with van der Waals surface area (Å²) in [7, 11) is 0. The van der Waals surface area contributed by atoms with Crippen molar-refractivity contribution < 1.29 is 54.1 Å². The molecule has 228 valence electrons. The topological polar surface area (TPSA) is 192 Å². The Labute approximate surface area is 246 Å². The van der Waals surface area contributed by atoms with Gasteiger partial charge in [-0.3, -0.25) is 19.4 Å². The van der Waals surface area contributed by atoms with Gasteiger partial charge in [-0.1, -0.05) is 6.08 Å². The molecule has 2 heterocycles. The molecular weight excluding hydrogens is 562 g/mol. The first-order valence-electron chi connectivity index (χ1n) is 14.0. The van der Waals surface area contributed by atoms with Gasteiger partial charge in [0.15, 0.2) is 11.6 Å². The van der Waals surface area contributed by atoms with Gasteiger partial charge in [-0.05, 0) is 50.0 Å². The van der Waals surface area contributed by atoms with E-state index in [-0.39, 0.29) is 64.3 Å². The summed E-state index contributed by atoms with van der Waals surface area (Å²) < 4.78 is 17.0. The van der Waals surface area contributed by atoms with E-state index in [0.717, 1.165) is 0 Å². The van der Waals surface area contributed by atoms with Crippen LogP contribution in [0.25, 0.3) is 0 Å². The summed E-state index contributed by atoms with van der Waals surface area (Å²) in [5, 5.41) is 52.4. The van der Waals surface area contributed by atoms with Crippen LogP contribution in [-0.2, 0) is 22.4 Å². The molecule has 43 heavy (non-hydrogen) atoms. The van der Waals surface area contributed by atoms with E-state index >= 15 is 0 Å². The van der Waals surface area contributed by atoms with Crippen molar-refractivity contribution in [1.82, 2.24) is 0 Å². The zero-order valence-electron chi connectivity index (χ0n) is 23.6. The number of hydrogen-bond acceptors (Lipinski definition) is 12. The van der Waals surface area contributed by atoms with Crippen LogP contribution in [0.4, 0.5) is 0 Å². The fourth-order valence-corrected chi connectivity index (χ4v) is 5.60. The van der Waals surface area contributed by atoms with E-state index in [2.05, 4.69) is 4.99 Å². The number of phenols is 1. The molecular formula is C31H33NO11. The van der Waals surface area contributed by atoms with Crippen LogP contribution < -0.4 is 9.47 Å². The first kappa shape index (κ1) is 30.5. The fraction of sp³-hybridized carbons (Fsp3) is 0.419. The Bertz CT molecular complexity index is 1530. The van der Waals surface area contributed by atoms with Gasteiger partial charge in [0.25, 0.3) is 0 Å². The molecule has 12 heteroatoms. The van der Waals surface area contributed by atoms with Gasteiger partial charge in [0.05, 0.1) is 18.2 Å². The molecule has 0 aromatic heterocycles. The van der Waals surface area contributed by atoms with E-state index < -0.39 is 54.0 Å². The third kappa shape index (κ3) is 5.71. The van der Waals surface area contributed by atoms with Crippen LogP contribution >= 0.6 is 0 Å². The molecule has 3 aliphatic rings. The fourth-order valence-electron chi connectivity index (χ4n) is 5.60. The zero-order chi connectivity index (χ0) is 31.0. The summed E-state index contributed by atoms with van der Waals surface area (Å²) >= 11 is 0. The second kappa shape index (κ2) is 12.3. The quantitative estimate of drug-likeness (QED) is 0.135. The van der Waals surface area contributed by atoms with E-state index in [1.807, 2.05) is 6.08 Å². The Kier molecular flexibility index (Phi) is 8.76. The number of aliphatic hydroxyl groups is 4. The van der Waals surface area contributed by atoms with Crippen LogP contribution in [0.2, 0.25) is 0 Å². The van der Waals surface area contributed by atoms with Gasteiger partial charge >= 0.3 is 5.97 Å². The molecule has 0 bridgehead atoms. The van der Waals surface area contributed by atoms with Gasteiger partial charge in [0, 0.05) is 54.0 Å². The molecule has 1 saturated heterocycles. The first-order valence-corrected chi connectivity index (χ1v) is 14.0. The summed E-state index contributed by atoms with van der Waals surface area (Å²) in [6.45, 7) is 2.97. The number of nitrogens with zero attached hydrogens (tertiary/aromatic N) is 1. The van der Waals surface area contributed by atoms with Crippen molar-refractivity contribution in [3.63, 3.8) is 0 Å². The van der Waals surface area contributed by atoms with E-state index in [0.29, 0.717) is 25.0 Å². The number of carbonyl (C=O) groups excluding carboxylic acids is 3. The molecule has 12 nitrogen and oxygen atoms in total. The molecule has 2 aliphatic heterocycles. The average Bonchev–Trinajstić information content (AvgIpc) is 3.49. The van der Waals surface area contributed by atoms with Gasteiger partial charge in [0.2, 0.25) is 6.29 Å². The molecule has 5 atom stereocenters. The number of ether oxygens (including phenoxy) is 3. The number of esters is 1. The first-order chi connectivity index (χ1) is 20.5. The maximum absolute atomic E-state index is 14.2. The molecule has 5 rings (SSSR count). The van der Waals surface area contributed by atoms with Crippen molar-refractivity contribution in [2.75, 3.05) is 13.2 Å². The molecule has 0 spiro atoms. The Morgan fingerprint density at radius 3 is 2.44 bits per heavy atom. The number of aromatic hydroxyl groups is 1. The smallest absolute Gasteiger partial charge is 0.308 e. The monoisotopic (exact) mass is 595 g/mol. The molecule has 5 N–H and O–H groups in total. The second-order valence-electron chi connectivity index (χ2n) is 10.8. The number of phenolic OH excluding ortho intramolecular Hbond substituents is 1. The predicted molar refractivity (Wildman–Crippen MR) is 151 cm³/mol. The number of carbonyl (C=O) groups is 3. The van der Waals surface area contributed by atoms with Crippen LogP contribution in [0.5, 0.6) is 17.2 Å². The highest BCUT2D eigenvalue weighted by molar-refractivity contribution is 6.30. The molecule has 5 unspecified atom stereocenters. The summed E-state index contributed by atoms with van der Waals surface area (Å²) in [6, 6.07) is 4.04. The largest absolute Gasteiger partial charge is 0.507 e. The maximum atomic E-state index is 14.2. The van der Waals surface area contributed by atoms with Gasteiger partial charge in [-0.2, -0.15) is 0 Å². The van der Waals surface area contributed by atoms with Crippen molar-refractivity contribution in [2.45, 2.75) is 70.2 Å². The zero-order valence-corrected chi connectivity index (χ0v) is 23.6. The molecule has 2 aromatic rings. The number of fused-ring (bicyclic) bond motifs is 2. The number of hydrogen-bond donors (Lipinski definition) is 5. The normalized spacial score (nSPS) is 24.4. The highest BCUT2D eigenvalue weighted by Gasteiger charge is 2.45. The number of benzene rings is 2. The van der Waals surface area contributed by atoms with Crippen LogP contribution in [-0.4, -0.2) is 93.1 Å². The minimum atomic E-state index is -1.70. The Morgan fingerprint density at radius 2 is 1.77 bits per heavy atom. The minimum Gasteiger partial charge on any atom is -0.507 e. The minimum absolute atomic E-state index is 0.0169. The summed E-state index contributed by atoms with van der Waals surface area (Å²) in [4.78, 5) is 43.8. The number of unbranched alkanes of at least 4 members (excludes halogenated alkanes) is 1. The van der Waals surface area contributed by atoms with Crippen molar-refractivity contribution in [1.29, 1.82) is 0 Å². The lowest BCUT2D eigenvalue weighted by atomic mass is 9.78. The molecule has 0 amide bonds. The van der Waals surface area contributed by atoms with Gasteiger partial charge in [-0.25, -0.2) is 0 Å². The third-order valence-electron chi connectivity index (χ3n) is 7.79. The summed E-state index contributed by atoms with van der Waals surface area (Å²) in [5.74, 6) is -2.33. The van der Waals surface area contributed by atoms with Crippen LogP contribution in [0.1, 0.15) is 69.7 Å². The van der Waals surface area contributed by atoms with E-state index in [4.69, 9.17) is 14.2 Å². The van der Waals surface area contributed by atoms with E-state index in [1.54, 1.807) is 6.21 Å². The lowest BCUT2D eigenvalue weighted by molar-refractivity contribution is -0.268. The number of aliphatic hydroxyl groups excluding tert-OH is 4. The number of aliphatic imine (C=N–C) groups is 1. The van der Waals surface area contributed by atoms with Crippen molar-refractivity contribution in [2.24, 2.45) is 4.99 Å². The highest BCUT2D eigenvalue weighted by atomic mass is 16.7. The molecule has 0 radical (unpaired) electrons. The van der Waals surface area contributed by atoms with Crippen LogP contribution in [0, 0.1) is 0 Å². The summed E-state index contributed by atoms with van der Waals surface area (Å²) in [6.07, 6.45) is -2.79. The highest BCUT2D eigenvalue weighted by Crippen LogP contribution is 2.46. The molecule has 0 saturated carbocycles. The average molecular weight is 596 g/mol. The Hall–Kier alpha value is -3.94. The number of ketones is 2. The SMILES string of the molecule is CC(=O)Oc1ccc2c(c1)C(=O)c1c(CC3=CCN=C3)c(OC3OC(C)C(O)C(O)C3O)c(CCCCO)c(O)c1C2=O. The van der Waals surface area contributed by atoms with Crippen molar-refractivity contribution in [3.8, 4) is 17.2 Å².